The SMILES string of the molecule is COC(=O)[C@@H](C)n1c(C)c(C=Nn2c(=O)[nH]c3ccccc3c2=O)c2ccccc21. The number of hydrogen-bond donors (Lipinski definition) is 1. The van der Waals surface area contributed by atoms with Gasteiger partial charge in [-0.1, -0.05) is 30.3 Å². The van der Waals surface area contributed by atoms with Gasteiger partial charge in [-0.2, -0.15) is 5.10 Å². The van der Waals surface area contributed by atoms with Crippen LogP contribution in [-0.4, -0.2) is 33.5 Å². The Morgan fingerprint density at radius 3 is 2.50 bits per heavy atom. The van der Waals surface area contributed by atoms with E-state index in [0.717, 1.165) is 21.3 Å². The lowest BCUT2D eigenvalue weighted by molar-refractivity contribution is -0.143. The molecule has 2 heterocycles. The molecule has 0 unspecified atom stereocenters. The van der Waals surface area contributed by atoms with Crippen LogP contribution in [0.1, 0.15) is 24.2 Å². The van der Waals surface area contributed by atoms with E-state index in [2.05, 4.69) is 10.1 Å². The third-order valence-electron chi connectivity index (χ3n) is 5.22. The molecular formula is C22H20N4O4. The largest absolute Gasteiger partial charge is 0.467 e. The van der Waals surface area contributed by atoms with Crippen LogP contribution in [0.15, 0.2) is 63.2 Å². The van der Waals surface area contributed by atoms with E-state index in [-0.39, 0.29) is 5.97 Å². The van der Waals surface area contributed by atoms with Gasteiger partial charge < -0.3 is 14.3 Å². The number of fused-ring (bicyclic) bond motifs is 2. The zero-order chi connectivity index (χ0) is 21.4. The summed E-state index contributed by atoms with van der Waals surface area (Å²) in [4.78, 5) is 39.9. The monoisotopic (exact) mass is 404 g/mol. The van der Waals surface area contributed by atoms with Crippen molar-refractivity contribution in [3.8, 4) is 0 Å². The number of ether oxygens (including phenoxy) is 1. The van der Waals surface area contributed by atoms with Gasteiger partial charge in [0.1, 0.15) is 6.04 Å². The van der Waals surface area contributed by atoms with E-state index >= 15 is 0 Å². The van der Waals surface area contributed by atoms with E-state index in [1.165, 1.54) is 13.3 Å². The molecule has 0 fully saturated rings. The summed E-state index contributed by atoms with van der Waals surface area (Å²) in [6, 6.07) is 13.8. The average Bonchev–Trinajstić information content (AvgIpc) is 3.03. The van der Waals surface area contributed by atoms with Gasteiger partial charge in [0.05, 0.1) is 24.2 Å². The number of H-pyrrole nitrogens is 1. The van der Waals surface area contributed by atoms with Gasteiger partial charge in [0.25, 0.3) is 5.56 Å². The molecule has 1 N–H and O–H groups in total. The Morgan fingerprint density at radius 2 is 1.77 bits per heavy atom. The van der Waals surface area contributed by atoms with Gasteiger partial charge in [0.2, 0.25) is 0 Å². The van der Waals surface area contributed by atoms with E-state index in [1.54, 1.807) is 31.2 Å². The van der Waals surface area contributed by atoms with Crippen LogP contribution >= 0.6 is 0 Å². The van der Waals surface area contributed by atoms with Gasteiger partial charge in [-0.3, -0.25) is 4.79 Å². The van der Waals surface area contributed by atoms with Crippen LogP contribution in [-0.2, 0) is 9.53 Å². The Kier molecular flexibility index (Phi) is 4.83. The Labute approximate surface area is 171 Å². The fraction of sp³-hybridized carbons (Fsp3) is 0.182. The number of methoxy groups -OCH3 is 1. The first kappa shape index (κ1) is 19.4. The second kappa shape index (κ2) is 7.47. The Balaban J connectivity index is 1.90. The van der Waals surface area contributed by atoms with Crippen molar-refractivity contribution in [2.24, 2.45) is 5.10 Å². The van der Waals surface area contributed by atoms with Crippen molar-refractivity contribution in [3.63, 3.8) is 0 Å². The molecular weight excluding hydrogens is 384 g/mol. The summed E-state index contributed by atoms with van der Waals surface area (Å²) in [7, 11) is 1.35. The molecule has 8 heteroatoms. The molecule has 0 aliphatic rings. The number of carbonyl (C=O) groups is 1. The van der Waals surface area contributed by atoms with Gasteiger partial charge in [0.15, 0.2) is 0 Å². The molecule has 8 nitrogen and oxygen atoms in total. The molecule has 0 saturated heterocycles. The molecule has 0 aliphatic carbocycles. The third kappa shape index (κ3) is 3.02. The van der Waals surface area contributed by atoms with Crippen LogP contribution in [0.3, 0.4) is 0 Å². The molecule has 2 aromatic carbocycles. The highest BCUT2D eigenvalue weighted by Gasteiger charge is 2.22. The molecule has 30 heavy (non-hydrogen) atoms. The Bertz CT molecular complexity index is 1420. The maximum Gasteiger partial charge on any atom is 0.349 e. The van der Waals surface area contributed by atoms with Crippen molar-refractivity contribution < 1.29 is 9.53 Å². The molecule has 2 aromatic heterocycles. The van der Waals surface area contributed by atoms with Gasteiger partial charge >= 0.3 is 11.7 Å². The average molecular weight is 404 g/mol. The molecule has 1 atom stereocenters. The lowest BCUT2D eigenvalue weighted by atomic mass is 10.1. The van der Waals surface area contributed by atoms with Crippen LogP contribution in [0.25, 0.3) is 21.8 Å². The van der Waals surface area contributed by atoms with E-state index < -0.39 is 17.3 Å². The quantitative estimate of drug-likeness (QED) is 0.417. The summed E-state index contributed by atoms with van der Waals surface area (Å²) in [5.41, 5.74) is 1.63. The Morgan fingerprint density at radius 1 is 1.10 bits per heavy atom. The number of nitrogens with zero attached hydrogens (tertiary/aromatic N) is 3. The predicted octanol–water partition coefficient (Wildman–Crippen LogP) is 2.57. The van der Waals surface area contributed by atoms with Crippen LogP contribution in [0.5, 0.6) is 0 Å². The van der Waals surface area contributed by atoms with Crippen molar-refractivity contribution in [1.29, 1.82) is 0 Å². The normalized spacial score (nSPS) is 12.6. The van der Waals surface area contributed by atoms with E-state index in [9.17, 15) is 14.4 Å². The highest BCUT2D eigenvalue weighted by atomic mass is 16.5. The zero-order valence-electron chi connectivity index (χ0n) is 16.7. The number of aromatic amines is 1. The summed E-state index contributed by atoms with van der Waals surface area (Å²) in [6.45, 7) is 3.61. The van der Waals surface area contributed by atoms with Gasteiger partial charge in [-0.15, -0.1) is 4.68 Å². The first-order valence-electron chi connectivity index (χ1n) is 9.39. The highest BCUT2D eigenvalue weighted by molar-refractivity contribution is 6.01. The molecule has 0 bridgehead atoms. The van der Waals surface area contributed by atoms with E-state index in [0.29, 0.717) is 16.5 Å². The lowest BCUT2D eigenvalue weighted by Crippen LogP contribution is -2.32. The summed E-state index contributed by atoms with van der Waals surface area (Å²) in [5, 5.41) is 5.40. The number of nitrogens with one attached hydrogen (secondary N) is 1. The molecule has 4 rings (SSSR count). The topological polar surface area (TPSA) is 98.4 Å². The van der Waals surface area contributed by atoms with Crippen LogP contribution in [0.4, 0.5) is 0 Å². The molecule has 4 aromatic rings. The minimum absolute atomic E-state index is 0.368. The number of hydrogen-bond acceptors (Lipinski definition) is 5. The van der Waals surface area contributed by atoms with E-state index in [1.807, 2.05) is 35.8 Å². The van der Waals surface area contributed by atoms with Crippen LogP contribution in [0, 0.1) is 6.92 Å². The molecule has 0 aliphatic heterocycles. The lowest BCUT2D eigenvalue weighted by Gasteiger charge is -2.15. The summed E-state index contributed by atoms with van der Waals surface area (Å²) >= 11 is 0. The van der Waals surface area contributed by atoms with Gasteiger partial charge in [-0.25, -0.2) is 9.59 Å². The maximum atomic E-state index is 12.7. The fourth-order valence-electron chi connectivity index (χ4n) is 3.73. The molecule has 0 saturated carbocycles. The third-order valence-corrected chi connectivity index (χ3v) is 5.22. The fourth-order valence-corrected chi connectivity index (χ4v) is 3.73. The highest BCUT2D eigenvalue weighted by Crippen LogP contribution is 2.28. The van der Waals surface area contributed by atoms with Crippen LogP contribution in [0.2, 0.25) is 0 Å². The Hall–Kier alpha value is -3.94. The first-order valence-corrected chi connectivity index (χ1v) is 9.39. The second-order valence-electron chi connectivity index (χ2n) is 6.92. The molecule has 0 amide bonds. The maximum absolute atomic E-state index is 12.7. The van der Waals surface area contributed by atoms with Gasteiger partial charge in [0, 0.05) is 22.2 Å². The van der Waals surface area contributed by atoms with Crippen LogP contribution < -0.4 is 11.2 Å². The second-order valence-corrected chi connectivity index (χ2v) is 6.92. The molecule has 0 spiro atoms. The zero-order valence-corrected chi connectivity index (χ0v) is 16.7. The number of esters is 1. The molecule has 0 radical (unpaired) electrons. The van der Waals surface area contributed by atoms with E-state index in [4.69, 9.17) is 4.74 Å². The predicted molar refractivity (Wildman–Crippen MR) is 115 cm³/mol. The number of para-hydroxylation sites is 2. The standard InChI is InChI=1S/C22H20N4O4/c1-13-17(15-8-5-7-11-19(15)25(13)14(2)21(28)30-3)12-23-26-20(27)16-9-4-6-10-18(16)24-22(26)29/h4-12,14H,1-3H3,(H,24,29)/t14-/m1/s1. The molecule has 152 valence electrons. The summed E-state index contributed by atoms with van der Waals surface area (Å²) < 4.78 is 7.56. The summed E-state index contributed by atoms with van der Waals surface area (Å²) in [6.07, 6.45) is 1.48. The minimum Gasteiger partial charge on any atom is -0.467 e. The van der Waals surface area contributed by atoms with Crippen molar-refractivity contribution in [1.82, 2.24) is 14.2 Å². The number of carbonyl (C=O) groups excluding carboxylic acids is 1. The van der Waals surface area contributed by atoms with Crippen molar-refractivity contribution in [3.05, 3.63) is 80.6 Å². The number of rotatable bonds is 4. The first-order chi connectivity index (χ1) is 14.4. The minimum atomic E-state index is -0.626. The number of aromatic nitrogens is 3. The summed E-state index contributed by atoms with van der Waals surface area (Å²) in [5.74, 6) is -0.371. The van der Waals surface area contributed by atoms with Crippen molar-refractivity contribution >= 4 is 34.0 Å². The van der Waals surface area contributed by atoms with Gasteiger partial charge in [-0.05, 0) is 32.0 Å². The number of benzene rings is 2. The van der Waals surface area contributed by atoms with Crippen molar-refractivity contribution in [2.45, 2.75) is 19.9 Å². The van der Waals surface area contributed by atoms with Crippen molar-refractivity contribution in [2.75, 3.05) is 7.11 Å². The smallest absolute Gasteiger partial charge is 0.349 e.